The number of rotatable bonds is 4. The number of likely N-dealkylation sites (tertiary alicyclic amines) is 1. The Morgan fingerprint density at radius 2 is 2.18 bits per heavy atom. The highest BCUT2D eigenvalue weighted by molar-refractivity contribution is 7.99. The molecular formula is C14H28N2S. The van der Waals surface area contributed by atoms with Gasteiger partial charge in [-0.15, -0.1) is 0 Å². The average molecular weight is 256 g/mol. The molecule has 0 radical (unpaired) electrons. The van der Waals surface area contributed by atoms with E-state index in [2.05, 4.69) is 35.8 Å². The zero-order chi connectivity index (χ0) is 12.1. The second-order valence-corrected chi connectivity index (χ2v) is 7.09. The Morgan fingerprint density at radius 3 is 2.82 bits per heavy atom. The van der Waals surface area contributed by atoms with Crippen molar-refractivity contribution in [3.8, 4) is 0 Å². The number of nitrogens with zero attached hydrogens (tertiary/aromatic N) is 1. The molecular weight excluding hydrogens is 228 g/mol. The van der Waals surface area contributed by atoms with Gasteiger partial charge in [0.05, 0.1) is 0 Å². The Kier molecular flexibility index (Phi) is 5.64. The van der Waals surface area contributed by atoms with Crippen molar-refractivity contribution in [1.29, 1.82) is 0 Å². The standard InChI is InChI=1S/C14H28N2S/c1-3-15-14-7-8-16(10-12(14)2)11-13-6-4-5-9-17-13/h12-15H,3-11H2,1-2H3. The van der Waals surface area contributed by atoms with Gasteiger partial charge in [0.1, 0.15) is 0 Å². The van der Waals surface area contributed by atoms with Gasteiger partial charge in [0.2, 0.25) is 0 Å². The SMILES string of the molecule is CCNC1CCN(CC2CCCCS2)CC1C. The Balaban J connectivity index is 1.72. The summed E-state index contributed by atoms with van der Waals surface area (Å²) in [5.74, 6) is 2.21. The zero-order valence-electron chi connectivity index (χ0n) is 11.5. The predicted octanol–water partition coefficient (Wildman–Crippen LogP) is 2.59. The van der Waals surface area contributed by atoms with Crippen molar-refractivity contribution < 1.29 is 0 Å². The molecule has 3 atom stereocenters. The largest absolute Gasteiger partial charge is 0.314 e. The van der Waals surface area contributed by atoms with E-state index in [1.807, 2.05) is 0 Å². The highest BCUT2D eigenvalue weighted by Crippen LogP contribution is 2.27. The van der Waals surface area contributed by atoms with Crippen LogP contribution in [0.15, 0.2) is 0 Å². The summed E-state index contributed by atoms with van der Waals surface area (Å²) in [7, 11) is 0. The number of hydrogen-bond donors (Lipinski definition) is 1. The minimum absolute atomic E-state index is 0.759. The topological polar surface area (TPSA) is 15.3 Å². The van der Waals surface area contributed by atoms with E-state index in [1.165, 1.54) is 51.1 Å². The van der Waals surface area contributed by atoms with Crippen molar-refractivity contribution in [3.63, 3.8) is 0 Å². The lowest BCUT2D eigenvalue weighted by molar-refractivity contribution is 0.147. The number of thioether (sulfide) groups is 1. The minimum atomic E-state index is 0.759. The van der Waals surface area contributed by atoms with E-state index in [1.54, 1.807) is 0 Å². The molecule has 2 aliphatic rings. The fourth-order valence-corrected chi connectivity index (χ4v) is 4.56. The molecule has 2 nitrogen and oxygen atoms in total. The molecule has 0 aromatic carbocycles. The first-order valence-corrected chi connectivity index (χ1v) is 8.41. The van der Waals surface area contributed by atoms with E-state index in [9.17, 15) is 0 Å². The van der Waals surface area contributed by atoms with Crippen molar-refractivity contribution in [3.05, 3.63) is 0 Å². The molecule has 0 bridgehead atoms. The van der Waals surface area contributed by atoms with Crippen LogP contribution in [0.5, 0.6) is 0 Å². The number of nitrogens with one attached hydrogen (secondary N) is 1. The first-order valence-electron chi connectivity index (χ1n) is 7.37. The second kappa shape index (κ2) is 7.01. The summed E-state index contributed by atoms with van der Waals surface area (Å²) in [6, 6.07) is 0.759. The van der Waals surface area contributed by atoms with Crippen LogP contribution < -0.4 is 5.32 Å². The number of piperidine rings is 1. The summed E-state index contributed by atoms with van der Waals surface area (Å²) in [5, 5.41) is 4.55. The molecule has 0 aliphatic carbocycles. The fourth-order valence-electron chi connectivity index (χ4n) is 3.20. The van der Waals surface area contributed by atoms with E-state index in [4.69, 9.17) is 0 Å². The molecule has 0 aromatic rings. The van der Waals surface area contributed by atoms with E-state index in [0.29, 0.717) is 0 Å². The van der Waals surface area contributed by atoms with Crippen LogP contribution in [0, 0.1) is 5.92 Å². The minimum Gasteiger partial charge on any atom is -0.314 e. The Hall–Kier alpha value is 0.270. The maximum Gasteiger partial charge on any atom is 0.0175 e. The smallest absolute Gasteiger partial charge is 0.0175 e. The average Bonchev–Trinajstić information content (AvgIpc) is 2.34. The summed E-state index contributed by atoms with van der Waals surface area (Å²) >= 11 is 2.21. The van der Waals surface area contributed by atoms with Gasteiger partial charge in [-0.05, 0) is 44.0 Å². The zero-order valence-corrected chi connectivity index (χ0v) is 12.3. The Labute approximate surface area is 111 Å². The highest BCUT2D eigenvalue weighted by atomic mass is 32.2. The lowest BCUT2D eigenvalue weighted by atomic mass is 9.93. The van der Waals surface area contributed by atoms with Crippen LogP contribution in [0.25, 0.3) is 0 Å². The summed E-state index contributed by atoms with van der Waals surface area (Å²) in [6.45, 7) is 9.69. The molecule has 0 spiro atoms. The van der Waals surface area contributed by atoms with Crippen molar-refractivity contribution in [2.45, 2.75) is 50.8 Å². The van der Waals surface area contributed by atoms with E-state index < -0.39 is 0 Å². The summed E-state index contributed by atoms with van der Waals surface area (Å²) in [6.07, 6.45) is 5.69. The van der Waals surface area contributed by atoms with Gasteiger partial charge >= 0.3 is 0 Å². The highest BCUT2D eigenvalue weighted by Gasteiger charge is 2.27. The second-order valence-electron chi connectivity index (χ2n) is 5.68. The van der Waals surface area contributed by atoms with Gasteiger partial charge in [-0.3, -0.25) is 0 Å². The van der Waals surface area contributed by atoms with Gasteiger partial charge in [0.15, 0.2) is 0 Å². The molecule has 0 saturated carbocycles. The van der Waals surface area contributed by atoms with E-state index >= 15 is 0 Å². The molecule has 2 heterocycles. The molecule has 0 aromatic heterocycles. The molecule has 17 heavy (non-hydrogen) atoms. The van der Waals surface area contributed by atoms with Crippen LogP contribution >= 0.6 is 11.8 Å². The lowest BCUT2D eigenvalue weighted by Crippen LogP contribution is -2.49. The molecule has 1 N–H and O–H groups in total. The van der Waals surface area contributed by atoms with Gasteiger partial charge in [-0.2, -0.15) is 11.8 Å². The molecule has 2 saturated heterocycles. The molecule has 100 valence electrons. The summed E-state index contributed by atoms with van der Waals surface area (Å²) in [5.41, 5.74) is 0. The van der Waals surface area contributed by atoms with Gasteiger partial charge in [0.25, 0.3) is 0 Å². The van der Waals surface area contributed by atoms with Crippen LogP contribution in [0.4, 0.5) is 0 Å². The molecule has 2 fully saturated rings. The van der Waals surface area contributed by atoms with E-state index in [0.717, 1.165) is 23.8 Å². The maximum absolute atomic E-state index is 3.63. The fraction of sp³-hybridized carbons (Fsp3) is 1.00. The normalized spacial score (nSPS) is 36.0. The van der Waals surface area contributed by atoms with Crippen LogP contribution in [-0.4, -0.2) is 48.1 Å². The van der Waals surface area contributed by atoms with Gasteiger partial charge in [-0.25, -0.2) is 0 Å². The van der Waals surface area contributed by atoms with Crippen molar-refractivity contribution in [1.82, 2.24) is 10.2 Å². The van der Waals surface area contributed by atoms with E-state index in [-0.39, 0.29) is 0 Å². The Morgan fingerprint density at radius 1 is 1.29 bits per heavy atom. The third-order valence-electron chi connectivity index (χ3n) is 4.19. The maximum atomic E-state index is 3.63. The lowest BCUT2D eigenvalue weighted by Gasteiger charge is -2.39. The quantitative estimate of drug-likeness (QED) is 0.832. The van der Waals surface area contributed by atoms with Crippen molar-refractivity contribution in [2.75, 3.05) is 31.9 Å². The monoisotopic (exact) mass is 256 g/mol. The van der Waals surface area contributed by atoms with Gasteiger partial charge in [-0.1, -0.05) is 20.3 Å². The van der Waals surface area contributed by atoms with Crippen LogP contribution in [0.2, 0.25) is 0 Å². The van der Waals surface area contributed by atoms with Crippen LogP contribution in [0.1, 0.15) is 39.5 Å². The summed E-state index contributed by atoms with van der Waals surface area (Å²) in [4.78, 5) is 2.71. The molecule has 3 heteroatoms. The number of hydrogen-bond acceptors (Lipinski definition) is 3. The summed E-state index contributed by atoms with van der Waals surface area (Å²) < 4.78 is 0. The third-order valence-corrected chi connectivity index (χ3v) is 5.57. The van der Waals surface area contributed by atoms with Crippen molar-refractivity contribution >= 4 is 11.8 Å². The molecule has 0 amide bonds. The molecule has 2 rings (SSSR count). The third kappa shape index (κ3) is 4.15. The van der Waals surface area contributed by atoms with Gasteiger partial charge < -0.3 is 10.2 Å². The first kappa shape index (κ1) is 13.7. The van der Waals surface area contributed by atoms with Crippen LogP contribution in [-0.2, 0) is 0 Å². The Bertz CT molecular complexity index is 216. The molecule has 2 aliphatic heterocycles. The predicted molar refractivity (Wildman–Crippen MR) is 77.8 cm³/mol. The first-order chi connectivity index (χ1) is 8.29. The van der Waals surface area contributed by atoms with Crippen molar-refractivity contribution in [2.24, 2.45) is 5.92 Å². The van der Waals surface area contributed by atoms with Crippen LogP contribution in [0.3, 0.4) is 0 Å². The molecule has 3 unspecified atom stereocenters. The van der Waals surface area contributed by atoms with Gasteiger partial charge in [0, 0.05) is 24.4 Å².